The van der Waals surface area contributed by atoms with E-state index in [1.165, 1.54) is 11.3 Å². The number of hydrogen-bond acceptors (Lipinski definition) is 3. The van der Waals surface area contributed by atoms with Crippen molar-refractivity contribution in [1.82, 2.24) is 0 Å². The maximum absolute atomic E-state index is 12.3. The van der Waals surface area contributed by atoms with Crippen molar-refractivity contribution in [2.24, 2.45) is 0 Å². The number of anilines is 1. The smallest absolute Gasteiger partial charge is 0.268 e. The topological polar surface area (TPSA) is 40.5 Å². The number of thiophene rings is 1. The van der Waals surface area contributed by atoms with Crippen LogP contribution in [0.25, 0.3) is 0 Å². The molecule has 94 valence electrons. The fraction of sp³-hybridized carbons (Fsp3) is 0.214. The quantitative estimate of drug-likeness (QED) is 0.900. The molecule has 0 radical (unpaired) electrons. The Labute approximate surface area is 110 Å². The Morgan fingerprint density at radius 2 is 2.00 bits per heavy atom. The molecule has 1 heterocycles. The van der Waals surface area contributed by atoms with Crippen LogP contribution in [-0.4, -0.2) is 18.1 Å². The predicted molar refractivity (Wildman–Crippen MR) is 74.6 cm³/mol. The van der Waals surface area contributed by atoms with Gasteiger partial charge in [0, 0.05) is 23.7 Å². The van der Waals surface area contributed by atoms with Crippen LogP contribution in [0.4, 0.5) is 5.69 Å². The number of aromatic hydroxyl groups is 1. The van der Waals surface area contributed by atoms with E-state index >= 15 is 0 Å². The van der Waals surface area contributed by atoms with Gasteiger partial charge in [-0.05, 0) is 37.6 Å². The average molecular weight is 261 g/mol. The minimum absolute atomic E-state index is 0.0539. The third kappa shape index (κ3) is 2.38. The molecule has 1 aromatic heterocycles. The maximum atomic E-state index is 12.3. The lowest BCUT2D eigenvalue weighted by molar-refractivity contribution is 0.0997. The van der Waals surface area contributed by atoms with Crippen LogP contribution in [0.1, 0.15) is 20.1 Å². The molecule has 0 saturated heterocycles. The Hall–Kier alpha value is -1.81. The third-order valence-corrected chi connectivity index (χ3v) is 4.04. The molecule has 0 aliphatic carbocycles. The highest BCUT2D eigenvalue weighted by molar-refractivity contribution is 7.14. The van der Waals surface area contributed by atoms with Crippen LogP contribution >= 0.6 is 11.3 Å². The number of aryl methyl sites for hydroxylation is 2. The molecular formula is C14H15NO2S. The molecule has 0 unspecified atom stereocenters. The standard InChI is InChI=1S/C14H15NO2S/c1-9-7-13(18-10(9)2)14(17)15(3)11-5-4-6-12(16)8-11/h4-8,16H,1-3H3. The zero-order valence-corrected chi connectivity index (χ0v) is 11.4. The van der Waals surface area contributed by atoms with E-state index < -0.39 is 0 Å². The second-order valence-electron chi connectivity index (χ2n) is 4.23. The number of rotatable bonds is 2. The van der Waals surface area contributed by atoms with Crippen molar-refractivity contribution in [3.63, 3.8) is 0 Å². The molecule has 1 aromatic carbocycles. The van der Waals surface area contributed by atoms with E-state index in [-0.39, 0.29) is 11.7 Å². The summed E-state index contributed by atoms with van der Waals surface area (Å²) in [4.78, 5) is 15.7. The lowest BCUT2D eigenvalue weighted by Crippen LogP contribution is -2.25. The minimum atomic E-state index is -0.0539. The number of amides is 1. The van der Waals surface area contributed by atoms with E-state index in [2.05, 4.69) is 0 Å². The SMILES string of the molecule is Cc1cc(C(=O)N(C)c2cccc(O)c2)sc1C. The first-order valence-electron chi connectivity index (χ1n) is 5.63. The molecule has 0 atom stereocenters. The Morgan fingerprint density at radius 1 is 1.28 bits per heavy atom. The van der Waals surface area contributed by atoms with Crippen molar-refractivity contribution in [3.8, 4) is 5.75 Å². The van der Waals surface area contributed by atoms with Crippen molar-refractivity contribution < 1.29 is 9.90 Å². The van der Waals surface area contributed by atoms with E-state index in [0.717, 1.165) is 15.3 Å². The van der Waals surface area contributed by atoms with E-state index in [9.17, 15) is 9.90 Å². The predicted octanol–water partition coefficient (Wildman–Crippen LogP) is 3.35. The molecule has 3 nitrogen and oxygen atoms in total. The fourth-order valence-corrected chi connectivity index (χ4v) is 2.67. The van der Waals surface area contributed by atoms with E-state index in [1.54, 1.807) is 36.2 Å². The van der Waals surface area contributed by atoms with Gasteiger partial charge in [0.15, 0.2) is 0 Å². The summed E-state index contributed by atoms with van der Waals surface area (Å²) in [5.41, 5.74) is 1.82. The highest BCUT2D eigenvalue weighted by Gasteiger charge is 2.16. The molecule has 0 saturated carbocycles. The summed E-state index contributed by atoms with van der Waals surface area (Å²) in [5.74, 6) is 0.104. The Kier molecular flexibility index (Phi) is 3.39. The number of carbonyl (C=O) groups is 1. The van der Waals surface area contributed by atoms with Crippen LogP contribution in [0.2, 0.25) is 0 Å². The monoisotopic (exact) mass is 261 g/mol. The summed E-state index contributed by atoms with van der Waals surface area (Å²) in [6.07, 6.45) is 0. The van der Waals surface area contributed by atoms with E-state index in [0.29, 0.717) is 5.69 Å². The first-order chi connectivity index (χ1) is 8.49. The Morgan fingerprint density at radius 3 is 2.56 bits per heavy atom. The first kappa shape index (κ1) is 12.6. The normalized spacial score (nSPS) is 10.4. The van der Waals surface area contributed by atoms with Gasteiger partial charge in [-0.15, -0.1) is 11.3 Å². The summed E-state index contributed by atoms with van der Waals surface area (Å²) in [6, 6.07) is 8.58. The van der Waals surface area contributed by atoms with Crippen LogP contribution in [0, 0.1) is 13.8 Å². The molecule has 0 spiro atoms. The lowest BCUT2D eigenvalue weighted by Gasteiger charge is -2.16. The zero-order valence-electron chi connectivity index (χ0n) is 10.6. The van der Waals surface area contributed by atoms with Gasteiger partial charge >= 0.3 is 0 Å². The molecular weight excluding hydrogens is 246 g/mol. The van der Waals surface area contributed by atoms with E-state index in [1.807, 2.05) is 19.9 Å². The summed E-state index contributed by atoms with van der Waals surface area (Å²) >= 11 is 1.50. The van der Waals surface area contributed by atoms with Crippen molar-refractivity contribution in [1.29, 1.82) is 0 Å². The molecule has 1 N–H and O–H groups in total. The molecule has 4 heteroatoms. The van der Waals surface area contributed by atoms with Gasteiger partial charge in [-0.2, -0.15) is 0 Å². The number of carbonyl (C=O) groups excluding carboxylic acids is 1. The molecule has 18 heavy (non-hydrogen) atoms. The van der Waals surface area contributed by atoms with Gasteiger partial charge in [-0.25, -0.2) is 0 Å². The molecule has 2 rings (SSSR count). The number of benzene rings is 1. The molecule has 0 aliphatic heterocycles. The second-order valence-corrected chi connectivity index (χ2v) is 5.49. The molecule has 1 amide bonds. The van der Waals surface area contributed by atoms with Crippen molar-refractivity contribution >= 4 is 22.9 Å². The van der Waals surface area contributed by atoms with Crippen molar-refractivity contribution in [2.45, 2.75) is 13.8 Å². The minimum Gasteiger partial charge on any atom is -0.508 e. The van der Waals surface area contributed by atoms with Crippen LogP contribution in [-0.2, 0) is 0 Å². The number of phenolic OH excluding ortho intramolecular Hbond substituents is 1. The molecule has 0 aliphatic rings. The van der Waals surface area contributed by atoms with Gasteiger partial charge in [0.05, 0.1) is 4.88 Å². The van der Waals surface area contributed by atoms with Crippen LogP contribution < -0.4 is 4.90 Å². The lowest BCUT2D eigenvalue weighted by atomic mass is 10.2. The van der Waals surface area contributed by atoms with Gasteiger partial charge in [-0.1, -0.05) is 6.07 Å². The molecule has 0 bridgehead atoms. The summed E-state index contributed by atoms with van der Waals surface area (Å²) in [6.45, 7) is 4.00. The molecule has 0 fully saturated rings. The summed E-state index contributed by atoms with van der Waals surface area (Å²) in [5, 5.41) is 9.43. The van der Waals surface area contributed by atoms with Crippen molar-refractivity contribution in [2.75, 3.05) is 11.9 Å². The van der Waals surface area contributed by atoms with Gasteiger partial charge < -0.3 is 10.0 Å². The fourth-order valence-electron chi connectivity index (χ4n) is 1.66. The molecule has 2 aromatic rings. The van der Waals surface area contributed by atoms with Gasteiger partial charge in [-0.3, -0.25) is 4.79 Å². The second kappa shape index (κ2) is 4.82. The van der Waals surface area contributed by atoms with Gasteiger partial charge in [0.25, 0.3) is 5.91 Å². The Balaban J connectivity index is 2.29. The maximum Gasteiger partial charge on any atom is 0.268 e. The van der Waals surface area contributed by atoms with Crippen molar-refractivity contribution in [3.05, 3.63) is 45.6 Å². The van der Waals surface area contributed by atoms with Crippen LogP contribution in [0.5, 0.6) is 5.75 Å². The number of phenols is 1. The van der Waals surface area contributed by atoms with Gasteiger partial charge in [0.2, 0.25) is 0 Å². The van der Waals surface area contributed by atoms with Crippen LogP contribution in [0.15, 0.2) is 30.3 Å². The zero-order chi connectivity index (χ0) is 13.3. The van der Waals surface area contributed by atoms with E-state index in [4.69, 9.17) is 0 Å². The highest BCUT2D eigenvalue weighted by atomic mass is 32.1. The average Bonchev–Trinajstić information content (AvgIpc) is 2.68. The van der Waals surface area contributed by atoms with Gasteiger partial charge in [0.1, 0.15) is 5.75 Å². The summed E-state index contributed by atoms with van der Waals surface area (Å²) in [7, 11) is 1.71. The third-order valence-electron chi connectivity index (χ3n) is 2.90. The number of nitrogens with zero attached hydrogens (tertiary/aromatic N) is 1. The van der Waals surface area contributed by atoms with Crippen LogP contribution in [0.3, 0.4) is 0 Å². The highest BCUT2D eigenvalue weighted by Crippen LogP contribution is 2.25. The number of hydrogen-bond donors (Lipinski definition) is 1. The Bertz CT molecular complexity index is 570. The largest absolute Gasteiger partial charge is 0.508 e. The first-order valence-corrected chi connectivity index (χ1v) is 6.45. The summed E-state index contributed by atoms with van der Waals surface area (Å²) < 4.78 is 0.